The Morgan fingerprint density at radius 1 is 1.27 bits per heavy atom. The largest absolute Gasteiger partial charge is 0.322 e. The van der Waals surface area contributed by atoms with Gasteiger partial charge in [0.15, 0.2) is 0 Å². The Kier molecular flexibility index (Phi) is 4.06. The van der Waals surface area contributed by atoms with Crippen LogP contribution in [-0.4, -0.2) is 11.1 Å². The number of nitrogens with one attached hydrogen (secondary N) is 1. The van der Waals surface area contributed by atoms with Crippen LogP contribution in [-0.2, 0) is 9.59 Å². The lowest BCUT2D eigenvalue weighted by Crippen LogP contribution is -2.22. The fourth-order valence-electron chi connectivity index (χ4n) is 1.05. The summed E-state index contributed by atoms with van der Waals surface area (Å²) in [6.45, 7) is 1.32. The molecule has 1 N–H and O–H groups in total. The zero-order valence-electron chi connectivity index (χ0n) is 8.16. The predicted octanol–water partition coefficient (Wildman–Crippen LogP) is 1.93. The van der Waals surface area contributed by atoms with Crippen LogP contribution in [0.2, 0.25) is 0 Å². The Hall–Kier alpha value is -1.61. The molecule has 78 valence electrons. The van der Waals surface area contributed by atoms with E-state index in [1.54, 1.807) is 0 Å². The number of carbonyl (C=O) groups excluding carboxylic acids is 2. The van der Waals surface area contributed by atoms with Crippen LogP contribution in [0.1, 0.15) is 12.5 Å². The zero-order valence-corrected chi connectivity index (χ0v) is 8.91. The molecule has 0 atom stereocenters. The van der Waals surface area contributed by atoms with Gasteiger partial charge in [-0.25, -0.2) is 0 Å². The van der Waals surface area contributed by atoms with Crippen LogP contribution in [0, 0.1) is 0 Å². The van der Waals surface area contributed by atoms with E-state index in [4.69, 9.17) is 11.6 Å². The quantitative estimate of drug-likeness (QED) is 0.629. The maximum atomic E-state index is 11.0. The number of carbonyl (C=O) groups is 2. The minimum atomic E-state index is -0.686. The molecule has 0 saturated carbocycles. The number of hydrogen-bond acceptors (Lipinski definition) is 2. The summed E-state index contributed by atoms with van der Waals surface area (Å²) >= 11 is 5.32. The van der Waals surface area contributed by atoms with E-state index in [1.165, 1.54) is 13.0 Å². The minimum absolute atomic E-state index is 0.0790. The van der Waals surface area contributed by atoms with Crippen molar-refractivity contribution >= 4 is 28.8 Å². The van der Waals surface area contributed by atoms with Crippen molar-refractivity contribution in [2.24, 2.45) is 0 Å². The smallest absolute Gasteiger partial charge is 0.268 e. The highest BCUT2D eigenvalue weighted by Crippen LogP contribution is 2.06. The van der Waals surface area contributed by atoms with Gasteiger partial charge in [-0.2, -0.15) is 0 Å². The fourth-order valence-corrected chi connectivity index (χ4v) is 1.15. The van der Waals surface area contributed by atoms with Crippen molar-refractivity contribution in [3.63, 3.8) is 0 Å². The number of benzene rings is 1. The van der Waals surface area contributed by atoms with Gasteiger partial charge in [0, 0.05) is 6.92 Å². The topological polar surface area (TPSA) is 46.2 Å². The van der Waals surface area contributed by atoms with E-state index >= 15 is 0 Å². The molecule has 1 rings (SSSR count). The lowest BCUT2D eigenvalue weighted by molar-refractivity contribution is -0.119. The van der Waals surface area contributed by atoms with Gasteiger partial charge in [-0.3, -0.25) is 9.59 Å². The molecule has 0 aliphatic carbocycles. The van der Waals surface area contributed by atoms with Gasteiger partial charge in [-0.1, -0.05) is 30.3 Å². The van der Waals surface area contributed by atoms with Crippen LogP contribution >= 0.6 is 11.6 Å². The van der Waals surface area contributed by atoms with E-state index in [-0.39, 0.29) is 11.6 Å². The van der Waals surface area contributed by atoms with E-state index in [9.17, 15) is 9.59 Å². The van der Waals surface area contributed by atoms with Crippen LogP contribution in [0.4, 0.5) is 0 Å². The molecule has 15 heavy (non-hydrogen) atoms. The SMILES string of the molecule is CC(=O)NC(=Cc1ccccc1)C(=O)Cl. The number of hydrogen-bond donors (Lipinski definition) is 1. The van der Waals surface area contributed by atoms with Crippen molar-refractivity contribution in [1.82, 2.24) is 5.32 Å². The minimum Gasteiger partial charge on any atom is -0.322 e. The normalized spacial score (nSPS) is 10.9. The van der Waals surface area contributed by atoms with Crippen molar-refractivity contribution in [3.8, 4) is 0 Å². The molecule has 0 radical (unpaired) electrons. The molecule has 1 aromatic carbocycles. The van der Waals surface area contributed by atoms with Crippen LogP contribution in [0.5, 0.6) is 0 Å². The molecular weight excluding hydrogens is 214 g/mol. The van der Waals surface area contributed by atoms with Gasteiger partial charge in [0.25, 0.3) is 5.24 Å². The van der Waals surface area contributed by atoms with Crippen LogP contribution in [0.3, 0.4) is 0 Å². The summed E-state index contributed by atoms with van der Waals surface area (Å²) in [5.41, 5.74) is 0.880. The first-order valence-corrected chi connectivity index (χ1v) is 4.71. The summed E-state index contributed by atoms with van der Waals surface area (Å²) < 4.78 is 0. The Bertz CT molecular complexity index is 398. The molecule has 4 heteroatoms. The average Bonchev–Trinajstić information content (AvgIpc) is 2.17. The highest BCUT2D eigenvalue weighted by molar-refractivity contribution is 6.68. The third-order valence-electron chi connectivity index (χ3n) is 1.63. The maximum absolute atomic E-state index is 11.0. The van der Waals surface area contributed by atoms with Crippen molar-refractivity contribution in [2.45, 2.75) is 6.92 Å². The van der Waals surface area contributed by atoms with Crippen molar-refractivity contribution in [3.05, 3.63) is 41.6 Å². The predicted molar refractivity (Wildman–Crippen MR) is 59.1 cm³/mol. The molecular formula is C11H10ClNO2. The fraction of sp³-hybridized carbons (Fsp3) is 0.0909. The Morgan fingerprint density at radius 3 is 2.33 bits per heavy atom. The van der Waals surface area contributed by atoms with Crippen LogP contribution in [0.25, 0.3) is 6.08 Å². The van der Waals surface area contributed by atoms with E-state index in [1.807, 2.05) is 30.3 Å². The number of halogens is 1. The molecule has 0 aliphatic heterocycles. The standard InChI is InChI=1S/C11H10ClNO2/c1-8(14)13-10(11(12)15)7-9-5-3-2-4-6-9/h2-7H,1H3,(H,13,14). The van der Waals surface area contributed by atoms with Gasteiger partial charge in [-0.15, -0.1) is 0 Å². The van der Waals surface area contributed by atoms with Crippen LogP contribution in [0.15, 0.2) is 36.0 Å². The molecule has 0 aliphatic rings. The highest BCUT2D eigenvalue weighted by Gasteiger charge is 2.07. The first kappa shape index (κ1) is 11.5. The number of rotatable bonds is 3. The molecule has 0 unspecified atom stereocenters. The van der Waals surface area contributed by atoms with Gasteiger partial charge in [0.2, 0.25) is 5.91 Å². The first-order chi connectivity index (χ1) is 7.09. The van der Waals surface area contributed by atoms with E-state index in [2.05, 4.69) is 5.32 Å². The second-order valence-electron chi connectivity index (χ2n) is 2.92. The van der Waals surface area contributed by atoms with Crippen molar-refractivity contribution in [2.75, 3.05) is 0 Å². The molecule has 0 saturated heterocycles. The second-order valence-corrected chi connectivity index (χ2v) is 3.27. The third-order valence-corrected chi connectivity index (χ3v) is 1.84. The highest BCUT2D eigenvalue weighted by atomic mass is 35.5. The molecule has 0 bridgehead atoms. The number of amides is 1. The Morgan fingerprint density at radius 2 is 1.87 bits per heavy atom. The molecule has 3 nitrogen and oxygen atoms in total. The van der Waals surface area contributed by atoms with E-state index < -0.39 is 5.24 Å². The summed E-state index contributed by atoms with van der Waals surface area (Å²) in [5, 5.41) is 1.68. The summed E-state index contributed by atoms with van der Waals surface area (Å²) in [5.74, 6) is -0.328. The summed E-state index contributed by atoms with van der Waals surface area (Å²) in [4.78, 5) is 21.8. The monoisotopic (exact) mass is 223 g/mol. The summed E-state index contributed by atoms with van der Waals surface area (Å²) in [6.07, 6.45) is 1.52. The second kappa shape index (κ2) is 5.32. The molecule has 1 amide bonds. The Labute approximate surface area is 92.7 Å². The lowest BCUT2D eigenvalue weighted by Gasteiger charge is -2.02. The van der Waals surface area contributed by atoms with Gasteiger partial charge < -0.3 is 5.32 Å². The van der Waals surface area contributed by atoms with Crippen LogP contribution < -0.4 is 5.32 Å². The average molecular weight is 224 g/mol. The van der Waals surface area contributed by atoms with Gasteiger partial charge in [0.05, 0.1) is 0 Å². The zero-order chi connectivity index (χ0) is 11.3. The lowest BCUT2D eigenvalue weighted by atomic mass is 10.2. The Balaban J connectivity index is 2.94. The molecule has 1 aromatic rings. The molecule has 0 heterocycles. The molecule has 0 aromatic heterocycles. The van der Waals surface area contributed by atoms with E-state index in [0.29, 0.717) is 0 Å². The van der Waals surface area contributed by atoms with Gasteiger partial charge >= 0.3 is 0 Å². The first-order valence-electron chi connectivity index (χ1n) is 4.34. The van der Waals surface area contributed by atoms with Gasteiger partial charge in [-0.05, 0) is 23.2 Å². The molecule has 0 fully saturated rings. The third kappa shape index (κ3) is 3.95. The van der Waals surface area contributed by atoms with Crippen molar-refractivity contribution in [1.29, 1.82) is 0 Å². The summed E-state index contributed by atoms with van der Waals surface area (Å²) in [7, 11) is 0. The number of allylic oxidation sites excluding steroid dienone is 1. The van der Waals surface area contributed by atoms with Gasteiger partial charge in [0.1, 0.15) is 5.70 Å². The summed E-state index contributed by atoms with van der Waals surface area (Å²) in [6, 6.07) is 9.13. The van der Waals surface area contributed by atoms with Crippen molar-refractivity contribution < 1.29 is 9.59 Å². The molecule has 0 spiro atoms. The maximum Gasteiger partial charge on any atom is 0.268 e. The van der Waals surface area contributed by atoms with E-state index in [0.717, 1.165) is 5.56 Å².